The molecule has 1 amide bonds. The highest BCUT2D eigenvalue weighted by Gasteiger charge is 2.30. The lowest BCUT2D eigenvalue weighted by Crippen LogP contribution is -2.43. The van der Waals surface area contributed by atoms with Gasteiger partial charge in [-0.3, -0.25) is 4.79 Å². The van der Waals surface area contributed by atoms with Gasteiger partial charge < -0.3 is 10.1 Å². The Hall–Kier alpha value is -0.570. The van der Waals surface area contributed by atoms with Crippen LogP contribution in [0.1, 0.15) is 26.2 Å². The van der Waals surface area contributed by atoms with Crippen LogP contribution in [0.15, 0.2) is 0 Å². The van der Waals surface area contributed by atoms with Crippen molar-refractivity contribution >= 4 is 5.91 Å². The second-order valence-corrected chi connectivity index (χ2v) is 4.26. The molecule has 0 bridgehead atoms. The van der Waals surface area contributed by atoms with E-state index in [1.165, 1.54) is 6.42 Å². The van der Waals surface area contributed by atoms with Gasteiger partial charge in [-0.1, -0.05) is 13.3 Å². The van der Waals surface area contributed by atoms with E-state index in [9.17, 15) is 4.79 Å². The third kappa shape index (κ3) is 1.85. The van der Waals surface area contributed by atoms with E-state index < -0.39 is 0 Å². The van der Waals surface area contributed by atoms with Crippen LogP contribution >= 0.6 is 0 Å². The summed E-state index contributed by atoms with van der Waals surface area (Å²) in [5.41, 5.74) is 0. The molecular weight excluding hydrogens is 166 g/mol. The van der Waals surface area contributed by atoms with Gasteiger partial charge in [0.05, 0.1) is 19.3 Å². The molecule has 0 spiro atoms. The molecule has 2 aliphatic rings. The molecule has 1 saturated carbocycles. The third-order valence-corrected chi connectivity index (χ3v) is 3.17. The zero-order valence-corrected chi connectivity index (χ0v) is 8.08. The van der Waals surface area contributed by atoms with Crippen LogP contribution in [0.25, 0.3) is 0 Å². The SMILES string of the molecule is CC1COCC1NC(=O)C1CCC1. The largest absolute Gasteiger partial charge is 0.379 e. The predicted molar refractivity (Wildman–Crippen MR) is 49.3 cm³/mol. The molecule has 3 nitrogen and oxygen atoms in total. The summed E-state index contributed by atoms with van der Waals surface area (Å²) in [7, 11) is 0. The van der Waals surface area contributed by atoms with Crippen molar-refractivity contribution in [1.82, 2.24) is 5.32 Å². The Bertz CT molecular complexity index is 201. The van der Waals surface area contributed by atoms with Crippen LogP contribution in [-0.2, 0) is 9.53 Å². The van der Waals surface area contributed by atoms with E-state index in [4.69, 9.17) is 4.74 Å². The minimum atomic E-state index is 0.244. The van der Waals surface area contributed by atoms with Gasteiger partial charge in [-0.2, -0.15) is 0 Å². The normalized spacial score (nSPS) is 34.2. The minimum Gasteiger partial charge on any atom is -0.379 e. The fourth-order valence-corrected chi connectivity index (χ4v) is 1.82. The molecule has 2 atom stereocenters. The monoisotopic (exact) mass is 183 g/mol. The van der Waals surface area contributed by atoms with Crippen molar-refractivity contribution in [3.63, 3.8) is 0 Å². The van der Waals surface area contributed by atoms with Crippen LogP contribution in [0.2, 0.25) is 0 Å². The second kappa shape index (κ2) is 3.66. The summed E-state index contributed by atoms with van der Waals surface area (Å²) >= 11 is 0. The molecule has 3 heteroatoms. The fourth-order valence-electron chi connectivity index (χ4n) is 1.82. The van der Waals surface area contributed by atoms with E-state index in [2.05, 4.69) is 12.2 Å². The van der Waals surface area contributed by atoms with Crippen LogP contribution in [0.3, 0.4) is 0 Å². The molecule has 0 aromatic rings. The van der Waals surface area contributed by atoms with Crippen LogP contribution < -0.4 is 5.32 Å². The number of rotatable bonds is 2. The zero-order chi connectivity index (χ0) is 9.26. The summed E-state index contributed by atoms with van der Waals surface area (Å²) in [5, 5.41) is 3.07. The highest BCUT2D eigenvalue weighted by Crippen LogP contribution is 2.26. The maximum atomic E-state index is 11.6. The first kappa shape index (κ1) is 9.00. The second-order valence-electron chi connectivity index (χ2n) is 4.26. The van der Waals surface area contributed by atoms with Gasteiger partial charge in [0.25, 0.3) is 0 Å². The number of nitrogens with one attached hydrogen (secondary N) is 1. The van der Waals surface area contributed by atoms with Gasteiger partial charge in [0.2, 0.25) is 5.91 Å². The Morgan fingerprint density at radius 1 is 1.38 bits per heavy atom. The highest BCUT2D eigenvalue weighted by atomic mass is 16.5. The average Bonchev–Trinajstić information content (AvgIpc) is 2.32. The maximum absolute atomic E-state index is 11.6. The van der Waals surface area contributed by atoms with Crippen molar-refractivity contribution in [2.24, 2.45) is 11.8 Å². The van der Waals surface area contributed by atoms with E-state index in [1.54, 1.807) is 0 Å². The summed E-state index contributed by atoms with van der Waals surface area (Å²) in [6.45, 7) is 3.61. The lowest BCUT2D eigenvalue weighted by Gasteiger charge is -2.26. The van der Waals surface area contributed by atoms with Gasteiger partial charge in [-0.25, -0.2) is 0 Å². The lowest BCUT2D eigenvalue weighted by atomic mass is 9.84. The van der Waals surface area contributed by atoms with Gasteiger partial charge >= 0.3 is 0 Å². The molecule has 1 aliphatic heterocycles. The van der Waals surface area contributed by atoms with Gasteiger partial charge in [0, 0.05) is 11.8 Å². The molecule has 2 rings (SSSR count). The van der Waals surface area contributed by atoms with E-state index in [-0.39, 0.29) is 11.9 Å². The zero-order valence-electron chi connectivity index (χ0n) is 8.08. The molecule has 0 aromatic heterocycles. The Labute approximate surface area is 78.8 Å². The van der Waals surface area contributed by atoms with Gasteiger partial charge in [-0.05, 0) is 12.8 Å². The van der Waals surface area contributed by atoms with Gasteiger partial charge in [0.1, 0.15) is 0 Å². The average molecular weight is 183 g/mol. The first-order valence-electron chi connectivity index (χ1n) is 5.15. The Morgan fingerprint density at radius 2 is 2.15 bits per heavy atom. The Balaban J connectivity index is 1.79. The number of hydrogen-bond acceptors (Lipinski definition) is 2. The molecule has 2 fully saturated rings. The number of amides is 1. The maximum Gasteiger partial charge on any atom is 0.223 e. The first-order chi connectivity index (χ1) is 6.27. The molecule has 74 valence electrons. The quantitative estimate of drug-likeness (QED) is 0.692. The molecular formula is C10H17NO2. The summed E-state index contributed by atoms with van der Waals surface area (Å²) in [5.74, 6) is 1.02. The minimum absolute atomic E-state index is 0.244. The molecule has 13 heavy (non-hydrogen) atoms. The fraction of sp³-hybridized carbons (Fsp3) is 0.900. The van der Waals surface area contributed by atoms with Crippen LogP contribution in [0, 0.1) is 11.8 Å². The van der Waals surface area contributed by atoms with Crippen LogP contribution in [-0.4, -0.2) is 25.2 Å². The van der Waals surface area contributed by atoms with Crippen molar-refractivity contribution in [3.05, 3.63) is 0 Å². The number of ether oxygens (including phenoxy) is 1. The number of hydrogen-bond donors (Lipinski definition) is 1. The topological polar surface area (TPSA) is 38.3 Å². The molecule has 1 N–H and O–H groups in total. The summed E-state index contributed by atoms with van der Waals surface area (Å²) in [6.07, 6.45) is 3.37. The van der Waals surface area contributed by atoms with E-state index in [0.29, 0.717) is 18.4 Å². The Morgan fingerprint density at radius 3 is 2.62 bits per heavy atom. The predicted octanol–water partition coefficient (Wildman–Crippen LogP) is 0.938. The molecule has 1 saturated heterocycles. The summed E-state index contributed by atoms with van der Waals surface area (Å²) < 4.78 is 5.29. The number of carbonyl (C=O) groups is 1. The van der Waals surface area contributed by atoms with Crippen LogP contribution in [0.5, 0.6) is 0 Å². The molecule has 1 aliphatic carbocycles. The smallest absolute Gasteiger partial charge is 0.223 e. The van der Waals surface area contributed by atoms with Crippen molar-refractivity contribution in [2.45, 2.75) is 32.2 Å². The van der Waals surface area contributed by atoms with Crippen molar-refractivity contribution < 1.29 is 9.53 Å². The Kier molecular flexibility index (Phi) is 2.54. The van der Waals surface area contributed by atoms with Crippen molar-refractivity contribution in [2.75, 3.05) is 13.2 Å². The summed E-state index contributed by atoms with van der Waals surface area (Å²) in [6, 6.07) is 0.258. The van der Waals surface area contributed by atoms with Crippen molar-refractivity contribution in [1.29, 1.82) is 0 Å². The van der Waals surface area contributed by atoms with E-state index in [0.717, 1.165) is 19.4 Å². The van der Waals surface area contributed by atoms with Gasteiger partial charge in [0.15, 0.2) is 0 Å². The van der Waals surface area contributed by atoms with Crippen LogP contribution in [0.4, 0.5) is 0 Å². The number of carbonyl (C=O) groups excluding carboxylic acids is 1. The van der Waals surface area contributed by atoms with Crippen molar-refractivity contribution in [3.8, 4) is 0 Å². The first-order valence-corrected chi connectivity index (χ1v) is 5.15. The molecule has 1 heterocycles. The highest BCUT2D eigenvalue weighted by molar-refractivity contribution is 5.79. The molecule has 0 radical (unpaired) electrons. The van der Waals surface area contributed by atoms with E-state index in [1.807, 2.05) is 0 Å². The molecule has 2 unspecified atom stereocenters. The summed E-state index contributed by atoms with van der Waals surface area (Å²) in [4.78, 5) is 11.6. The van der Waals surface area contributed by atoms with E-state index >= 15 is 0 Å². The third-order valence-electron chi connectivity index (χ3n) is 3.17. The lowest BCUT2D eigenvalue weighted by molar-refractivity contribution is -0.128. The molecule has 0 aromatic carbocycles. The standard InChI is InChI=1S/C10H17NO2/c1-7-5-13-6-9(7)11-10(12)8-3-2-4-8/h7-9H,2-6H2,1H3,(H,11,12). The van der Waals surface area contributed by atoms with Gasteiger partial charge in [-0.15, -0.1) is 0 Å².